The number of nitrogens with zero attached hydrogens (tertiary/aromatic N) is 4. The van der Waals surface area contributed by atoms with Crippen molar-refractivity contribution in [2.45, 2.75) is 25.0 Å². The van der Waals surface area contributed by atoms with Crippen LogP contribution in [0, 0.1) is 5.41 Å². The number of aromatic nitrogens is 3. The van der Waals surface area contributed by atoms with Crippen molar-refractivity contribution in [3.05, 3.63) is 89.2 Å². The number of carbonyl (C=O) groups excluding carboxylic acids is 1. The first-order chi connectivity index (χ1) is 18.9. The number of amides is 1. The number of hydrogen-bond acceptors (Lipinski definition) is 8. The summed E-state index contributed by atoms with van der Waals surface area (Å²) in [6.45, 7) is 1.64. The number of pyridine rings is 3. The van der Waals surface area contributed by atoms with E-state index in [-0.39, 0.29) is 30.3 Å². The molecule has 10 heteroatoms. The van der Waals surface area contributed by atoms with Gasteiger partial charge in [0.1, 0.15) is 24.8 Å². The smallest absolute Gasteiger partial charge is 0.410 e. The van der Waals surface area contributed by atoms with Gasteiger partial charge in [-0.05, 0) is 37.1 Å². The van der Waals surface area contributed by atoms with Gasteiger partial charge in [0, 0.05) is 78.4 Å². The highest BCUT2D eigenvalue weighted by atomic mass is 16.6. The van der Waals surface area contributed by atoms with Gasteiger partial charge < -0.3 is 25.1 Å². The number of fused-ring (bicyclic) bond motifs is 2. The molecule has 1 amide bonds. The summed E-state index contributed by atoms with van der Waals surface area (Å²) in [5.74, 6) is 0.980. The zero-order valence-corrected chi connectivity index (χ0v) is 21.7. The van der Waals surface area contributed by atoms with Crippen molar-refractivity contribution in [3.63, 3.8) is 0 Å². The summed E-state index contributed by atoms with van der Waals surface area (Å²) < 4.78 is 13.3. The Balaban J connectivity index is 1.19. The second kappa shape index (κ2) is 9.61. The number of carbonyl (C=O) groups is 1. The summed E-state index contributed by atoms with van der Waals surface area (Å²) in [7, 11) is 1.69. The highest BCUT2D eigenvalue weighted by Crippen LogP contribution is 2.59. The molecular formula is C29H30N6O4. The SMILES string of the molecule is Cn1ccc(OCC23CC(CNc4cccc5c(N)nccc45)(CN2C(=O)OCc2cccnc2)C3)cc1=O. The Kier molecular flexibility index (Phi) is 6.09. The number of ether oxygens (including phenoxy) is 2. The molecule has 3 N–H and O–H groups in total. The van der Waals surface area contributed by atoms with Crippen LogP contribution in [-0.2, 0) is 18.4 Å². The number of nitrogen functional groups attached to an aromatic ring is 1. The van der Waals surface area contributed by atoms with Gasteiger partial charge in [-0.2, -0.15) is 0 Å². The molecule has 5 heterocycles. The van der Waals surface area contributed by atoms with E-state index in [0.717, 1.165) is 34.9 Å². The van der Waals surface area contributed by atoms with Crippen molar-refractivity contribution in [2.75, 3.05) is 30.7 Å². The number of nitrogens with two attached hydrogens (primary N) is 1. The number of hydrogen-bond donors (Lipinski definition) is 2. The molecule has 200 valence electrons. The second-order valence-electron chi connectivity index (χ2n) is 10.6. The normalized spacial score (nSPS) is 21.4. The lowest BCUT2D eigenvalue weighted by Crippen LogP contribution is -2.56. The summed E-state index contributed by atoms with van der Waals surface area (Å²) in [5.41, 5.74) is 7.08. The van der Waals surface area contributed by atoms with Crippen LogP contribution >= 0.6 is 0 Å². The Morgan fingerprint density at radius 3 is 2.79 bits per heavy atom. The molecule has 2 bridgehead atoms. The van der Waals surface area contributed by atoms with Crippen LogP contribution in [0.15, 0.2) is 78.1 Å². The van der Waals surface area contributed by atoms with Crippen LogP contribution in [0.2, 0.25) is 0 Å². The molecule has 2 saturated heterocycles. The lowest BCUT2D eigenvalue weighted by molar-refractivity contribution is 0.0128. The average Bonchev–Trinajstić information content (AvgIpc) is 3.43. The number of benzene rings is 1. The third-order valence-electron chi connectivity index (χ3n) is 7.85. The molecule has 1 saturated carbocycles. The summed E-state index contributed by atoms with van der Waals surface area (Å²) in [5, 5.41) is 5.51. The topological polar surface area (TPSA) is 125 Å². The van der Waals surface area contributed by atoms with Gasteiger partial charge in [-0.3, -0.25) is 14.7 Å². The molecule has 0 radical (unpaired) electrons. The number of nitrogens with one attached hydrogen (secondary N) is 1. The van der Waals surface area contributed by atoms with Gasteiger partial charge in [0.15, 0.2) is 0 Å². The Bertz CT molecular complexity index is 1580. The lowest BCUT2D eigenvalue weighted by Gasteiger charge is -2.47. The summed E-state index contributed by atoms with van der Waals surface area (Å²) in [4.78, 5) is 35.5. The quantitative estimate of drug-likeness (QED) is 0.357. The van der Waals surface area contributed by atoms with E-state index in [1.165, 1.54) is 10.6 Å². The zero-order valence-electron chi connectivity index (χ0n) is 21.7. The number of aryl methyl sites for hydroxylation is 1. The van der Waals surface area contributed by atoms with Gasteiger partial charge in [0.25, 0.3) is 5.56 Å². The van der Waals surface area contributed by atoms with E-state index in [0.29, 0.717) is 24.7 Å². The van der Waals surface area contributed by atoms with E-state index in [1.54, 1.807) is 42.8 Å². The first kappa shape index (κ1) is 24.7. The molecule has 39 heavy (non-hydrogen) atoms. The molecule has 4 aromatic rings. The second-order valence-corrected chi connectivity index (χ2v) is 10.6. The number of anilines is 2. The highest BCUT2D eigenvalue weighted by molar-refractivity contribution is 5.99. The molecule has 3 aliphatic rings. The Labute approximate surface area is 225 Å². The summed E-state index contributed by atoms with van der Waals surface area (Å²) >= 11 is 0. The van der Waals surface area contributed by atoms with E-state index in [9.17, 15) is 9.59 Å². The predicted molar refractivity (Wildman–Crippen MR) is 147 cm³/mol. The average molecular weight is 527 g/mol. The minimum atomic E-state index is -0.512. The van der Waals surface area contributed by atoms with Crippen molar-refractivity contribution in [1.82, 2.24) is 19.4 Å². The van der Waals surface area contributed by atoms with E-state index < -0.39 is 5.54 Å². The van der Waals surface area contributed by atoms with Crippen molar-refractivity contribution >= 4 is 28.4 Å². The third kappa shape index (κ3) is 4.62. The van der Waals surface area contributed by atoms with Crippen molar-refractivity contribution in [1.29, 1.82) is 0 Å². The molecule has 1 aromatic carbocycles. The van der Waals surface area contributed by atoms with E-state index in [1.807, 2.05) is 36.4 Å². The maximum atomic E-state index is 13.3. The summed E-state index contributed by atoms with van der Waals surface area (Å²) in [6.07, 6.45) is 7.88. The molecule has 0 unspecified atom stereocenters. The van der Waals surface area contributed by atoms with Gasteiger partial charge in [-0.1, -0.05) is 18.2 Å². The largest absolute Gasteiger partial charge is 0.491 e. The maximum absolute atomic E-state index is 13.3. The van der Waals surface area contributed by atoms with Crippen LogP contribution in [0.5, 0.6) is 5.75 Å². The van der Waals surface area contributed by atoms with Gasteiger partial charge >= 0.3 is 6.09 Å². The number of rotatable bonds is 8. The van der Waals surface area contributed by atoms with Crippen LogP contribution < -0.4 is 21.3 Å². The van der Waals surface area contributed by atoms with Gasteiger partial charge in [-0.25, -0.2) is 9.78 Å². The minimum Gasteiger partial charge on any atom is -0.491 e. The molecule has 3 aromatic heterocycles. The van der Waals surface area contributed by atoms with Crippen molar-refractivity contribution < 1.29 is 14.3 Å². The molecule has 10 nitrogen and oxygen atoms in total. The zero-order chi connectivity index (χ0) is 27.0. The predicted octanol–water partition coefficient (Wildman–Crippen LogP) is 3.57. The van der Waals surface area contributed by atoms with Crippen molar-refractivity contribution in [3.8, 4) is 5.75 Å². The molecular weight excluding hydrogens is 496 g/mol. The standard InChI is InChI=1S/C29H30N6O4/c1-34-11-8-21(12-25(34)36)39-19-29-15-28(16-29,18-35(29)27(37)38-14-20-4-3-9-31-13-20)17-33-24-6-2-5-23-22(24)7-10-32-26(23)30/h2-13,33H,14-19H2,1H3,(H2,30,32). The Morgan fingerprint density at radius 1 is 1.13 bits per heavy atom. The van der Waals surface area contributed by atoms with Gasteiger partial charge in [0.05, 0.1) is 5.54 Å². The molecule has 1 aliphatic carbocycles. The van der Waals surface area contributed by atoms with Crippen LogP contribution in [0.25, 0.3) is 10.8 Å². The van der Waals surface area contributed by atoms with E-state index in [4.69, 9.17) is 15.2 Å². The molecule has 3 fully saturated rings. The van der Waals surface area contributed by atoms with Crippen LogP contribution in [0.3, 0.4) is 0 Å². The van der Waals surface area contributed by atoms with Crippen molar-refractivity contribution in [2.24, 2.45) is 12.5 Å². The Morgan fingerprint density at radius 2 is 2.00 bits per heavy atom. The molecule has 7 rings (SSSR count). The fourth-order valence-corrected chi connectivity index (χ4v) is 5.98. The highest BCUT2D eigenvalue weighted by Gasteiger charge is 2.67. The van der Waals surface area contributed by atoms with Crippen LogP contribution in [0.1, 0.15) is 18.4 Å². The fraction of sp³-hybridized carbons (Fsp3) is 0.310. The lowest BCUT2D eigenvalue weighted by atomic mass is 9.62. The van der Waals surface area contributed by atoms with Crippen LogP contribution in [0.4, 0.5) is 16.3 Å². The van der Waals surface area contributed by atoms with E-state index >= 15 is 0 Å². The van der Waals surface area contributed by atoms with Gasteiger partial charge in [-0.15, -0.1) is 0 Å². The summed E-state index contributed by atoms with van der Waals surface area (Å²) in [6, 6.07) is 14.8. The molecule has 0 spiro atoms. The van der Waals surface area contributed by atoms with Gasteiger partial charge in [0.2, 0.25) is 0 Å². The first-order valence-electron chi connectivity index (χ1n) is 12.9. The molecule has 2 aliphatic heterocycles. The van der Waals surface area contributed by atoms with Crippen LogP contribution in [-0.4, -0.2) is 50.8 Å². The Hall–Kier alpha value is -4.60. The maximum Gasteiger partial charge on any atom is 0.410 e. The third-order valence-corrected chi connectivity index (χ3v) is 7.85. The fourth-order valence-electron chi connectivity index (χ4n) is 5.98. The first-order valence-corrected chi connectivity index (χ1v) is 12.9. The monoisotopic (exact) mass is 526 g/mol. The minimum absolute atomic E-state index is 0.135. The molecule has 0 atom stereocenters. The van der Waals surface area contributed by atoms with E-state index in [2.05, 4.69) is 15.3 Å².